The number of carbonyl (C=O) groups excluding carboxylic acids is 1. The van der Waals surface area contributed by atoms with E-state index in [-0.39, 0.29) is 6.03 Å². The molecule has 1 aliphatic heterocycles. The smallest absolute Gasteiger partial charge is 0.321 e. The molecular weight excluding hydrogens is 322 g/mol. The lowest BCUT2D eigenvalue weighted by atomic mass is 10.0. The molecule has 1 fully saturated rings. The van der Waals surface area contributed by atoms with Crippen LogP contribution in [0.2, 0.25) is 0 Å². The summed E-state index contributed by atoms with van der Waals surface area (Å²) in [4.78, 5) is 16.4. The van der Waals surface area contributed by atoms with Crippen LogP contribution in [0.15, 0.2) is 24.3 Å². The zero-order valence-electron chi connectivity index (χ0n) is 16.8. The molecule has 0 aromatic heterocycles. The SMILES string of the molecule is CCCCCCCCCCc1ccc(NC(=O)N2CCN(C)CC2)cc1. The molecule has 0 aliphatic carbocycles. The zero-order chi connectivity index (χ0) is 18.6. The highest BCUT2D eigenvalue weighted by Gasteiger charge is 2.18. The van der Waals surface area contributed by atoms with Crippen molar-refractivity contribution in [1.29, 1.82) is 0 Å². The largest absolute Gasteiger partial charge is 0.322 e. The van der Waals surface area contributed by atoms with Gasteiger partial charge in [0.2, 0.25) is 0 Å². The summed E-state index contributed by atoms with van der Waals surface area (Å²) in [6.07, 6.45) is 12.0. The Morgan fingerprint density at radius 2 is 1.46 bits per heavy atom. The van der Waals surface area contributed by atoms with Gasteiger partial charge in [-0.15, -0.1) is 0 Å². The van der Waals surface area contributed by atoms with Crippen LogP contribution in [0.3, 0.4) is 0 Å². The second kappa shape index (κ2) is 11.9. The molecule has 2 rings (SSSR count). The van der Waals surface area contributed by atoms with Gasteiger partial charge in [0.05, 0.1) is 0 Å². The van der Waals surface area contributed by atoms with E-state index < -0.39 is 0 Å². The standard InChI is InChI=1S/C22H37N3O/c1-3-4-5-6-7-8-9-10-11-20-12-14-21(15-13-20)23-22(26)25-18-16-24(2)17-19-25/h12-15H,3-11,16-19H2,1-2H3,(H,23,26). The molecule has 1 aromatic rings. The number of benzene rings is 1. The molecule has 0 saturated carbocycles. The number of amides is 2. The third kappa shape index (κ3) is 7.77. The van der Waals surface area contributed by atoms with Gasteiger partial charge in [0.15, 0.2) is 0 Å². The predicted octanol–water partition coefficient (Wildman–Crippen LogP) is 5.15. The number of urea groups is 1. The molecule has 4 nitrogen and oxygen atoms in total. The van der Waals surface area contributed by atoms with Gasteiger partial charge in [-0.2, -0.15) is 0 Å². The third-order valence-electron chi connectivity index (χ3n) is 5.31. The van der Waals surface area contributed by atoms with Gasteiger partial charge in [-0.1, -0.05) is 64.0 Å². The van der Waals surface area contributed by atoms with E-state index in [0.29, 0.717) is 0 Å². The van der Waals surface area contributed by atoms with Crippen LogP contribution < -0.4 is 5.32 Å². The maximum atomic E-state index is 12.3. The number of rotatable bonds is 10. The number of nitrogens with zero attached hydrogens (tertiary/aromatic N) is 2. The van der Waals surface area contributed by atoms with Gasteiger partial charge >= 0.3 is 6.03 Å². The van der Waals surface area contributed by atoms with Crippen LogP contribution >= 0.6 is 0 Å². The number of nitrogens with one attached hydrogen (secondary N) is 1. The molecule has 0 radical (unpaired) electrons. The molecule has 1 aromatic carbocycles. The number of hydrogen-bond acceptors (Lipinski definition) is 2. The second-order valence-electron chi connectivity index (χ2n) is 7.64. The van der Waals surface area contributed by atoms with Crippen molar-refractivity contribution in [3.8, 4) is 0 Å². The highest BCUT2D eigenvalue weighted by atomic mass is 16.2. The van der Waals surface area contributed by atoms with E-state index in [0.717, 1.165) is 38.3 Å². The third-order valence-corrected chi connectivity index (χ3v) is 5.31. The molecule has 1 heterocycles. The topological polar surface area (TPSA) is 35.6 Å². The molecule has 2 amide bonds. The van der Waals surface area contributed by atoms with E-state index in [9.17, 15) is 4.79 Å². The highest BCUT2D eigenvalue weighted by molar-refractivity contribution is 5.89. The van der Waals surface area contributed by atoms with Crippen molar-refractivity contribution in [3.05, 3.63) is 29.8 Å². The van der Waals surface area contributed by atoms with Gasteiger partial charge < -0.3 is 15.1 Å². The molecule has 0 spiro atoms. The Balaban J connectivity index is 1.61. The van der Waals surface area contributed by atoms with Crippen molar-refractivity contribution in [2.24, 2.45) is 0 Å². The zero-order valence-corrected chi connectivity index (χ0v) is 16.8. The molecule has 0 unspecified atom stereocenters. The Kier molecular flexibility index (Phi) is 9.54. The van der Waals surface area contributed by atoms with Crippen LogP contribution in [0.1, 0.15) is 63.9 Å². The monoisotopic (exact) mass is 359 g/mol. The van der Waals surface area contributed by atoms with Crippen molar-refractivity contribution in [1.82, 2.24) is 9.80 Å². The predicted molar refractivity (Wildman–Crippen MR) is 111 cm³/mol. The summed E-state index contributed by atoms with van der Waals surface area (Å²) in [6.45, 7) is 5.77. The Morgan fingerprint density at radius 1 is 0.885 bits per heavy atom. The summed E-state index contributed by atoms with van der Waals surface area (Å²) in [7, 11) is 2.10. The Hall–Kier alpha value is -1.55. The van der Waals surface area contributed by atoms with Gasteiger partial charge in [0.25, 0.3) is 0 Å². The van der Waals surface area contributed by atoms with Gasteiger partial charge in [0, 0.05) is 31.9 Å². The van der Waals surface area contributed by atoms with Gasteiger partial charge in [0.1, 0.15) is 0 Å². The average Bonchev–Trinajstić information content (AvgIpc) is 2.65. The fourth-order valence-electron chi connectivity index (χ4n) is 3.43. The maximum Gasteiger partial charge on any atom is 0.321 e. The number of unbranched alkanes of at least 4 members (excludes halogenated alkanes) is 7. The molecule has 4 heteroatoms. The summed E-state index contributed by atoms with van der Waals surface area (Å²) < 4.78 is 0. The number of likely N-dealkylation sites (N-methyl/N-ethyl adjacent to an activating group) is 1. The lowest BCUT2D eigenvalue weighted by molar-refractivity contribution is 0.164. The summed E-state index contributed by atoms with van der Waals surface area (Å²) in [5.74, 6) is 0. The minimum Gasteiger partial charge on any atom is -0.322 e. The Labute approximate surface area is 159 Å². The van der Waals surface area contributed by atoms with Crippen molar-refractivity contribution in [3.63, 3.8) is 0 Å². The van der Waals surface area contributed by atoms with E-state index in [1.54, 1.807) is 0 Å². The summed E-state index contributed by atoms with van der Waals surface area (Å²) in [5, 5.41) is 3.02. The van der Waals surface area contributed by atoms with Crippen LogP contribution in [0.25, 0.3) is 0 Å². The molecule has 1 saturated heterocycles. The van der Waals surface area contributed by atoms with Crippen molar-refractivity contribution in [2.75, 3.05) is 38.5 Å². The molecule has 1 N–H and O–H groups in total. The lowest BCUT2D eigenvalue weighted by Crippen LogP contribution is -2.48. The Bertz CT molecular complexity index is 507. The van der Waals surface area contributed by atoms with E-state index in [1.807, 2.05) is 17.0 Å². The molecule has 1 aliphatic rings. The minimum absolute atomic E-state index is 0.0222. The number of carbonyl (C=O) groups is 1. The number of anilines is 1. The van der Waals surface area contributed by atoms with Crippen LogP contribution in [-0.2, 0) is 6.42 Å². The quantitative estimate of drug-likeness (QED) is 0.586. The van der Waals surface area contributed by atoms with Crippen LogP contribution in [0, 0.1) is 0 Å². The minimum atomic E-state index is 0.0222. The molecule has 0 bridgehead atoms. The number of hydrogen-bond donors (Lipinski definition) is 1. The van der Waals surface area contributed by atoms with E-state index in [4.69, 9.17) is 0 Å². The number of aryl methyl sites for hydroxylation is 1. The van der Waals surface area contributed by atoms with Crippen LogP contribution in [0.4, 0.5) is 10.5 Å². The second-order valence-corrected chi connectivity index (χ2v) is 7.64. The molecule has 26 heavy (non-hydrogen) atoms. The summed E-state index contributed by atoms with van der Waals surface area (Å²) in [6, 6.07) is 8.40. The van der Waals surface area contributed by atoms with Crippen LogP contribution in [-0.4, -0.2) is 49.1 Å². The van der Waals surface area contributed by atoms with Crippen molar-refractivity contribution in [2.45, 2.75) is 64.7 Å². The van der Waals surface area contributed by atoms with Gasteiger partial charge in [-0.25, -0.2) is 4.79 Å². The fourth-order valence-corrected chi connectivity index (χ4v) is 3.43. The average molecular weight is 360 g/mol. The number of piperazine rings is 1. The maximum absolute atomic E-state index is 12.3. The molecule has 146 valence electrons. The summed E-state index contributed by atoms with van der Waals surface area (Å²) >= 11 is 0. The van der Waals surface area contributed by atoms with Crippen molar-refractivity contribution >= 4 is 11.7 Å². The van der Waals surface area contributed by atoms with Crippen LogP contribution in [0.5, 0.6) is 0 Å². The first-order valence-corrected chi connectivity index (χ1v) is 10.5. The lowest BCUT2D eigenvalue weighted by Gasteiger charge is -2.32. The first-order chi connectivity index (χ1) is 12.7. The summed E-state index contributed by atoms with van der Waals surface area (Å²) in [5.41, 5.74) is 2.27. The van der Waals surface area contributed by atoms with Gasteiger partial charge in [-0.3, -0.25) is 0 Å². The van der Waals surface area contributed by atoms with Gasteiger partial charge in [-0.05, 0) is 37.6 Å². The highest BCUT2D eigenvalue weighted by Crippen LogP contribution is 2.15. The van der Waals surface area contributed by atoms with E-state index in [1.165, 1.54) is 56.9 Å². The molecular formula is C22H37N3O. The molecule has 0 atom stereocenters. The van der Waals surface area contributed by atoms with Crippen molar-refractivity contribution < 1.29 is 4.79 Å². The van der Waals surface area contributed by atoms with E-state index in [2.05, 4.69) is 36.3 Å². The first kappa shape index (κ1) is 20.8. The fraction of sp³-hybridized carbons (Fsp3) is 0.682. The normalized spacial score (nSPS) is 15.2. The van der Waals surface area contributed by atoms with E-state index >= 15 is 0 Å². The first-order valence-electron chi connectivity index (χ1n) is 10.5. The Morgan fingerprint density at radius 3 is 2.08 bits per heavy atom.